The fraction of sp³-hybridized carbons (Fsp3) is 0.294. The van der Waals surface area contributed by atoms with Crippen LogP contribution in [-0.4, -0.2) is 28.6 Å². The molecule has 8 heteroatoms. The Morgan fingerprint density at radius 1 is 1.48 bits per heavy atom. The van der Waals surface area contributed by atoms with Crippen LogP contribution in [0, 0.1) is 5.82 Å². The number of H-pyrrole nitrogens is 1. The van der Waals surface area contributed by atoms with Crippen molar-refractivity contribution in [2.75, 3.05) is 6.61 Å². The number of aromatic amines is 1. The van der Waals surface area contributed by atoms with Gasteiger partial charge in [-0.05, 0) is 12.1 Å². The van der Waals surface area contributed by atoms with Gasteiger partial charge in [0.2, 0.25) is 5.91 Å². The highest BCUT2D eigenvalue weighted by molar-refractivity contribution is 7.07. The highest BCUT2D eigenvalue weighted by atomic mass is 32.1. The van der Waals surface area contributed by atoms with E-state index >= 15 is 0 Å². The predicted molar refractivity (Wildman–Crippen MR) is 90.9 cm³/mol. The summed E-state index contributed by atoms with van der Waals surface area (Å²) >= 11 is 1.47. The van der Waals surface area contributed by atoms with E-state index in [1.54, 1.807) is 11.6 Å². The molecule has 3 aromatic rings. The van der Waals surface area contributed by atoms with Gasteiger partial charge in [-0.3, -0.25) is 4.79 Å². The van der Waals surface area contributed by atoms with Crippen LogP contribution in [0.5, 0.6) is 5.75 Å². The third-order valence-electron chi connectivity index (χ3n) is 4.03. The molecule has 2 aromatic heterocycles. The number of rotatable bonds is 6. The molecule has 0 aliphatic carbocycles. The molecule has 25 heavy (non-hydrogen) atoms. The lowest BCUT2D eigenvalue weighted by molar-refractivity contribution is -0.145. The van der Waals surface area contributed by atoms with E-state index in [2.05, 4.69) is 15.3 Å². The van der Waals surface area contributed by atoms with Crippen molar-refractivity contribution < 1.29 is 18.7 Å². The fourth-order valence-electron chi connectivity index (χ4n) is 2.60. The van der Waals surface area contributed by atoms with Gasteiger partial charge in [-0.15, -0.1) is 11.3 Å². The first kappa shape index (κ1) is 16.0. The van der Waals surface area contributed by atoms with Crippen LogP contribution < -0.4 is 10.1 Å². The van der Waals surface area contributed by atoms with Crippen LogP contribution in [0.4, 0.5) is 4.39 Å². The van der Waals surface area contributed by atoms with Gasteiger partial charge in [0.05, 0.1) is 24.4 Å². The van der Waals surface area contributed by atoms with Crippen molar-refractivity contribution in [3.63, 3.8) is 0 Å². The van der Waals surface area contributed by atoms with Crippen LogP contribution in [0.15, 0.2) is 29.1 Å². The van der Waals surface area contributed by atoms with E-state index in [4.69, 9.17) is 9.47 Å². The summed E-state index contributed by atoms with van der Waals surface area (Å²) in [4.78, 5) is 19.1. The number of carbonyl (C=O) groups excluding carboxylic acids is 1. The van der Waals surface area contributed by atoms with Crippen LogP contribution in [0.2, 0.25) is 0 Å². The second-order valence-electron chi connectivity index (χ2n) is 5.80. The van der Waals surface area contributed by atoms with Crippen LogP contribution in [-0.2, 0) is 22.7 Å². The molecule has 2 N–H and O–H groups in total. The Morgan fingerprint density at radius 3 is 3.08 bits per heavy atom. The summed E-state index contributed by atoms with van der Waals surface area (Å²) in [6.45, 7) is 1.19. The molecule has 0 spiro atoms. The van der Waals surface area contributed by atoms with Crippen LogP contribution in [0.1, 0.15) is 17.8 Å². The normalized spacial score (nSPS) is 16.6. The number of hydrogen-bond acceptors (Lipinski definition) is 5. The van der Waals surface area contributed by atoms with E-state index in [1.807, 2.05) is 11.4 Å². The van der Waals surface area contributed by atoms with Gasteiger partial charge in [-0.1, -0.05) is 0 Å². The van der Waals surface area contributed by atoms with E-state index < -0.39 is 5.82 Å². The SMILES string of the molecule is O=C(NCc1cc2cc(F)c(OCc3cscn3)cc2[nH]1)C1CCO1. The molecule has 1 aromatic carbocycles. The molecule has 1 amide bonds. The lowest BCUT2D eigenvalue weighted by atomic mass is 10.2. The van der Waals surface area contributed by atoms with Gasteiger partial charge in [-0.25, -0.2) is 9.37 Å². The summed E-state index contributed by atoms with van der Waals surface area (Å²) in [7, 11) is 0. The van der Waals surface area contributed by atoms with Crippen LogP contribution >= 0.6 is 11.3 Å². The monoisotopic (exact) mass is 361 g/mol. The average Bonchev–Trinajstić information content (AvgIpc) is 3.17. The number of hydrogen-bond donors (Lipinski definition) is 2. The Hall–Kier alpha value is -2.45. The number of thiazole rings is 1. The number of aromatic nitrogens is 2. The lowest BCUT2D eigenvalue weighted by Gasteiger charge is -2.24. The van der Waals surface area contributed by atoms with Crippen molar-refractivity contribution in [3.05, 3.63) is 46.3 Å². The van der Waals surface area contributed by atoms with Crippen molar-refractivity contribution in [1.29, 1.82) is 0 Å². The topological polar surface area (TPSA) is 76.2 Å². The zero-order valence-electron chi connectivity index (χ0n) is 13.3. The molecule has 1 unspecified atom stereocenters. The minimum Gasteiger partial charge on any atom is -0.484 e. The van der Waals surface area contributed by atoms with E-state index in [1.165, 1.54) is 17.4 Å². The molecular formula is C17H16FN3O3S. The Balaban J connectivity index is 1.45. The number of nitrogens with zero attached hydrogens (tertiary/aromatic N) is 1. The molecule has 1 aliphatic rings. The van der Waals surface area contributed by atoms with Gasteiger partial charge >= 0.3 is 0 Å². The van der Waals surface area contributed by atoms with E-state index in [0.717, 1.165) is 28.7 Å². The number of fused-ring (bicyclic) bond motifs is 1. The Labute approximate surface area is 147 Å². The van der Waals surface area contributed by atoms with E-state index in [-0.39, 0.29) is 24.4 Å². The zero-order chi connectivity index (χ0) is 17.2. The van der Waals surface area contributed by atoms with E-state index in [0.29, 0.717) is 13.2 Å². The molecule has 1 aliphatic heterocycles. The molecule has 0 saturated carbocycles. The minimum atomic E-state index is -0.430. The number of amides is 1. The molecule has 1 saturated heterocycles. The van der Waals surface area contributed by atoms with Crippen molar-refractivity contribution in [2.24, 2.45) is 0 Å². The summed E-state index contributed by atoms with van der Waals surface area (Å²) < 4.78 is 24.8. The maximum Gasteiger partial charge on any atom is 0.249 e. The summed E-state index contributed by atoms with van der Waals surface area (Å²) in [5.74, 6) is -0.385. The predicted octanol–water partition coefficient (Wildman–Crippen LogP) is 2.75. The summed E-state index contributed by atoms with van der Waals surface area (Å²) in [6.07, 6.45) is 0.413. The highest BCUT2D eigenvalue weighted by Gasteiger charge is 2.25. The summed E-state index contributed by atoms with van der Waals surface area (Å²) in [5, 5.41) is 5.39. The minimum absolute atomic E-state index is 0.122. The number of ether oxygens (including phenoxy) is 2. The number of halogens is 1. The summed E-state index contributed by atoms with van der Waals surface area (Å²) in [6, 6.07) is 4.85. The van der Waals surface area contributed by atoms with Crippen molar-refractivity contribution in [3.8, 4) is 5.75 Å². The van der Waals surface area contributed by atoms with Gasteiger partial charge in [0.15, 0.2) is 11.6 Å². The third-order valence-corrected chi connectivity index (χ3v) is 4.67. The fourth-order valence-corrected chi connectivity index (χ4v) is 3.14. The Kier molecular flexibility index (Phi) is 4.37. The Bertz CT molecular complexity index is 890. The van der Waals surface area contributed by atoms with Crippen molar-refractivity contribution in [2.45, 2.75) is 25.7 Å². The largest absolute Gasteiger partial charge is 0.484 e. The third kappa shape index (κ3) is 3.49. The summed E-state index contributed by atoms with van der Waals surface area (Å²) in [5.41, 5.74) is 4.01. The molecule has 0 radical (unpaired) electrons. The smallest absolute Gasteiger partial charge is 0.249 e. The molecule has 1 atom stereocenters. The van der Waals surface area contributed by atoms with Gasteiger partial charge in [0, 0.05) is 34.5 Å². The molecule has 6 nitrogen and oxygen atoms in total. The number of nitrogens with one attached hydrogen (secondary N) is 2. The zero-order valence-corrected chi connectivity index (χ0v) is 14.1. The average molecular weight is 361 g/mol. The first-order chi connectivity index (χ1) is 12.2. The van der Waals surface area contributed by atoms with Crippen LogP contribution in [0.25, 0.3) is 10.9 Å². The number of carbonyl (C=O) groups is 1. The van der Waals surface area contributed by atoms with Gasteiger partial charge < -0.3 is 19.8 Å². The highest BCUT2D eigenvalue weighted by Crippen LogP contribution is 2.26. The van der Waals surface area contributed by atoms with E-state index in [9.17, 15) is 9.18 Å². The molecule has 1 fully saturated rings. The Morgan fingerprint density at radius 2 is 2.36 bits per heavy atom. The number of benzene rings is 1. The molecule has 130 valence electrons. The molecular weight excluding hydrogens is 345 g/mol. The van der Waals surface area contributed by atoms with Crippen molar-refractivity contribution >= 4 is 28.1 Å². The van der Waals surface area contributed by atoms with Gasteiger partial charge in [0.1, 0.15) is 12.7 Å². The van der Waals surface area contributed by atoms with Gasteiger partial charge in [-0.2, -0.15) is 0 Å². The standard InChI is InChI=1S/C17H16FN3O3S/c18-13-4-10-3-11(6-19-17(22)15-1-2-23-15)21-14(10)5-16(13)24-7-12-8-25-9-20-12/h3-5,8-9,15,21H,1-2,6-7H2,(H,19,22). The molecule has 4 rings (SSSR count). The molecule has 0 bridgehead atoms. The molecule has 3 heterocycles. The first-order valence-electron chi connectivity index (χ1n) is 7.89. The van der Waals surface area contributed by atoms with Crippen molar-refractivity contribution in [1.82, 2.24) is 15.3 Å². The lowest BCUT2D eigenvalue weighted by Crippen LogP contribution is -2.42. The maximum atomic E-state index is 14.2. The second kappa shape index (κ2) is 6.81. The van der Waals surface area contributed by atoms with Gasteiger partial charge in [0.25, 0.3) is 0 Å². The maximum absolute atomic E-state index is 14.2. The quantitative estimate of drug-likeness (QED) is 0.708. The first-order valence-corrected chi connectivity index (χ1v) is 8.83. The van der Waals surface area contributed by atoms with Crippen LogP contribution in [0.3, 0.4) is 0 Å². The second-order valence-corrected chi connectivity index (χ2v) is 6.52.